The first-order chi connectivity index (χ1) is 10.2. The summed E-state index contributed by atoms with van der Waals surface area (Å²) in [5.41, 5.74) is 8.62. The largest absolute Gasteiger partial charge is 0.341 e. The number of thiophene rings is 1. The first kappa shape index (κ1) is 15.0. The second kappa shape index (κ2) is 6.07. The molecule has 2 aromatic rings. The number of fused-ring (bicyclic) bond motifs is 1. The van der Waals surface area contributed by atoms with Crippen LogP contribution in [0.15, 0.2) is 11.4 Å². The number of nitrogens with zero attached hydrogens (tertiary/aromatic N) is 2. The van der Waals surface area contributed by atoms with E-state index in [1.165, 1.54) is 21.0 Å². The van der Waals surface area contributed by atoms with Crippen molar-refractivity contribution in [1.82, 2.24) is 4.98 Å². The zero-order valence-electron chi connectivity index (χ0n) is 12.9. The van der Waals surface area contributed by atoms with Gasteiger partial charge in [-0.2, -0.15) is 0 Å². The average molecular weight is 322 g/mol. The number of aromatic nitrogens is 1. The maximum Gasteiger partial charge on any atom is 0.186 e. The van der Waals surface area contributed by atoms with Gasteiger partial charge in [-0.05, 0) is 42.7 Å². The summed E-state index contributed by atoms with van der Waals surface area (Å²) < 4.78 is 0. The van der Waals surface area contributed by atoms with Crippen LogP contribution in [0.4, 0.5) is 5.13 Å². The Morgan fingerprint density at radius 2 is 2.33 bits per heavy atom. The molecule has 2 aromatic heterocycles. The van der Waals surface area contributed by atoms with E-state index < -0.39 is 0 Å². The Kier molecular flexibility index (Phi) is 4.33. The second-order valence-corrected chi connectivity index (χ2v) is 7.80. The van der Waals surface area contributed by atoms with Crippen LogP contribution in [0, 0.1) is 0 Å². The molecule has 3 heterocycles. The molecule has 3 nitrogen and oxygen atoms in total. The Hall–Kier alpha value is -0.910. The van der Waals surface area contributed by atoms with Crippen LogP contribution in [-0.2, 0) is 13.0 Å². The quantitative estimate of drug-likeness (QED) is 0.913. The van der Waals surface area contributed by atoms with Gasteiger partial charge in [0.1, 0.15) is 0 Å². The van der Waals surface area contributed by atoms with E-state index in [-0.39, 0.29) is 0 Å². The number of rotatable bonds is 4. The van der Waals surface area contributed by atoms with Crippen molar-refractivity contribution in [3.8, 4) is 0 Å². The lowest BCUT2D eigenvalue weighted by Gasteiger charge is -2.33. The molecule has 0 aromatic carbocycles. The summed E-state index contributed by atoms with van der Waals surface area (Å²) in [5.74, 6) is 0.491. The zero-order valence-corrected chi connectivity index (χ0v) is 14.6. The van der Waals surface area contributed by atoms with Gasteiger partial charge in [0.15, 0.2) is 5.13 Å². The van der Waals surface area contributed by atoms with Crippen molar-refractivity contribution < 1.29 is 0 Å². The third kappa shape index (κ3) is 2.62. The minimum absolute atomic E-state index is 0.418. The van der Waals surface area contributed by atoms with Crippen LogP contribution in [0.25, 0.3) is 0 Å². The molecule has 2 N–H and O–H groups in total. The minimum atomic E-state index is 0.418. The fourth-order valence-corrected chi connectivity index (χ4v) is 5.10. The summed E-state index contributed by atoms with van der Waals surface area (Å²) in [6.45, 7) is 8.41. The highest BCUT2D eigenvalue weighted by Crippen LogP contribution is 2.39. The molecule has 5 heteroatoms. The van der Waals surface area contributed by atoms with Gasteiger partial charge in [-0.1, -0.05) is 13.8 Å². The van der Waals surface area contributed by atoms with Gasteiger partial charge in [0.25, 0.3) is 0 Å². The maximum atomic E-state index is 5.93. The van der Waals surface area contributed by atoms with Gasteiger partial charge in [-0.15, -0.1) is 22.7 Å². The Labute approximate surface area is 134 Å². The molecule has 0 aliphatic carbocycles. The van der Waals surface area contributed by atoms with E-state index in [1.807, 2.05) is 11.3 Å². The van der Waals surface area contributed by atoms with E-state index in [0.717, 1.165) is 24.5 Å². The van der Waals surface area contributed by atoms with Gasteiger partial charge in [-0.25, -0.2) is 4.98 Å². The first-order valence-electron chi connectivity index (χ1n) is 7.68. The molecule has 1 aliphatic rings. The second-order valence-electron chi connectivity index (χ2n) is 5.74. The van der Waals surface area contributed by atoms with Gasteiger partial charge >= 0.3 is 0 Å². The molecule has 114 valence electrons. The Bertz CT molecular complexity index is 617. The summed E-state index contributed by atoms with van der Waals surface area (Å²) in [7, 11) is 0. The highest BCUT2D eigenvalue weighted by Gasteiger charge is 2.28. The topological polar surface area (TPSA) is 42.2 Å². The average Bonchev–Trinajstić information content (AvgIpc) is 3.13. The SMILES string of the molecule is CCC(C)c1nc(N2CCc3sccc3C2C)sc1CN. The van der Waals surface area contributed by atoms with Gasteiger partial charge in [0.05, 0.1) is 11.7 Å². The fraction of sp³-hybridized carbons (Fsp3) is 0.562. The summed E-state index contributed by atoms with van der Waals surface area (Å²) in [4.78, 5) is 10.2. The summed E-state index contributed by atoms with van der Waals surface area (Å²) in [5, 5.41) is 3.36. The van der Waals surface area contributed by atoms with Crippen LogP contribution in [0.5, 0.6) is 0 Å². The lowest BCUT2D eigenvalue weighted by Crippen LogP contribution is -2.33. The van der Waals surface area contributed by atoms with E-state index in [1.54, 1.807) is 11.3 Å². The number of thiazole rings is 1. The van der Waals surface area contributed by atoms with Crippen LogP contribution >= 0.6 is 22.7 Å². The van der Waals surface area contributed by atoms with E-state index in [2.05, 4.69) is 37.1 Å². The monoisotopic (exact) mass is 321 g/mol. The molecule has 3 rings (SSSR count). The first-order valence-corrected chi connectivity index (χ1v) is 9.37. The van der Waals surface area contributed by atoms with Crippen LogP contribution in [0.3, 0.4) is 0 Å². The molecule has 2 unspecified atom stereocenters. The summed E-state index contributed by atoms with van der Waals surface area (Å²) in [6, 6.07) is 2.69. The van der Waals surface area contributed by atoms with Crippen LogP contribution in [0.2, 0.25) is 0 Å². The highest BCUT2D eigenvalue weighted by atomic mass is 32.1. The van der Waals surface area contributed by atoms with Gasteiger partial charge < -0.3 is 10.6 Å². The van der Waals surface area contributed by atoms with Crippen molar-refractivity contribution in [2.75, 3.05) is 11.4 Å². The van der Waals surface area contributed by atoms with Crippen molar-refractivity contribution in [2.45, 2.75) is 52.1 Å². The van der Waals surface area contributed by atoms with E-state index in [0.29, 0.717) is 18.5 Å². The molecule has 0 saturated carbocycles. The van der Waals surface area contributed by atoms with E-state index in [9.17, 15) is 0 Å². The molecule has 0 amide bonds. The van der Waals surface area contributed by atoms with Crippen molar-refractivity contribution in [1.29, 1.82) is 0 Å². The van der Waals surface area contributed by atoms with Crippen molar-refractivity contribution in [3.63, 3.8) is 0 Å². The molecule has 0 spiro atoms. The van der Waals surface area contributed by atoms with Crippen LogP contribution in [0.1, 0.15) is 60.2 Å². The van der Waals surface area contributed by atoms with E-state index in [4.69, 9.17) is 10.7 Å². The summed E-state index contributed by atoms with van der Waals surface area (Å²) >= 11 is 3.67. The third-order valence-corrected chi connectivity index (χ3v) is 6.63. The predicted molar refractivity (Wildman–Crippen MR) is 92.5 cm³/mol. The van der Waals surface area contributed by atoms with Gasteiger partial charge in [-0.3, -0.25) is 0 Å². The standard InChI is InChI=1S/C16H23N3S2/c1-4-10(2)15-14(9-17)21-16(18-15)19-7-5-13-12(11(19)3)6-8-20-13/h6,8,10-11H,4-5,7,9,17H2,1-3H3. The molecule has 21 heavy (non-hydrogen) atoms. The highest BCUT2D eigenvalue weighted by molar-refractivity contribution is 7.15. The predicted octanol–water partition coefficient (Wildman–Crippen LogP) is 4.30. The van der Waals surface area contributed by atoms with Gasteiger partial charge in [0.2, 0.25) is 0 Å². The lowest BCUT2D eigenvalue weighted by molar-refractivity contribution is 0.626. The third-order valence-electron chi connectivity index (χ3n) is 4.50. The summed E-state index contributed by atoms with van der Waals surface area (Å²) in [6.07, 6.45) is 2.24. The Morgan fingerprint density at radius 3 is 3.05 bits per heavy atom. The van der Waals surface area contributed by atoms with E-state index >= 15 is 0 Å². The lowest BCUT2D eigenvalue weighted by atomic mass is 10.0. The molecular formula is C16H23N3S2. The van der Waals surface area contributed by atoms with Crippen molar-refractivity contribution >= 4 is 27.8 Å². The minimum Gasteiger partial charge on any atom is -0.341 e. The number of anilines is 1. The number of hydrogen-bond acceptors (Lipinski definition) is 5. The van der Waals surface area contributed by atoms with Crippen molar-refractivity contribution in [3.05, 3.63) is 32.5 Å². The Balaban J connectivity index is 1.93. The van der Waals surface area contributed by atoms with Crippen molar-refractivity contribution in [2.24, 2.45) is 5.73 Å². The fourth-order valence-electron chi connectivity index (χ4n) is 2.97. The molecule has 0 radical (unpaired) electrons. The molecule has 2 atom stereocenters. The molecule has 0 fully saturated rings. The van der Waals surface area contributed by atoms with Gasteiger partial charge in [0, 0.05) is 22.8 Å². The Morgan fingerprint density at radius 1 is 1.52 bits per heavy atom. The molecule has 0 bridgehead atoms. The van der Waals surface area contributed by atoms with Crippen LogP contribution in [-0.4, -0.2) is 11.5 Å². The smallest absolute Gasteiger partial charge is 0.186 e. The molecular weight excluding hydrogens is 298 g/mol. The van der Waals surface area contributed by atoms with Crippen LogP contribution < -0.4 is 10.6 Å². The normalized spacial score (nSPS) is 19.6. The maximum absolute atomic E-state index is 5.93. The zero-order chi connectivity index (χ0) is 15.0. The molecule has 1 aliphatic heterocycles. The molecule has 0 saturated heterocycles. The number of hydrogen-bond donors (Lipinski definition) is 1. The number of nitrogens with two attached hydrogens (primary N) is 1.